The van der Waals surface area contributed by atoms with Crippen LogP contribution < -0.4 is 5.32 Å². The van der Waals surface area contributed by atoms with E-state index < -0.39 is 0 Å². The highest BCUT2D eigenvalue weighted by Gasteiger charge is 1.96. The van der Waals surface area contributed by atoms with Crippen LogP contribution in [0.1, 0.15) is 19.4 Å². The Labute approximate surface area is 103 Å². The van der Waals surface area contributed by atoms with Crippen molar-refractivity contribution in [1.29, 1.82) is 0 Å². The smallest absolute Gasteiger partial charge is 0.0384 e. The van der Waals surface area contributed by atoms with Crippen LogP contribution in [-0.4, -0.2) is 0 Å². The molecule has 0 unspecified atom stereocenters. The molecule has 0 saturated carbocycles. The summed E-state index contributed by atoms with van der Waals surface area (Å²) in [6.07, 6.45) is 2.12. The van der Waals surface area contributed by atoms with Gasteiger partial charge in [0.15, 0.2) is 0 Å². The molecule has 0 amide bonds. The van der Waals surface area contributed by atoms with Crippen molar-refractivity contribution in [2.24, 2.45) is 0 Å². The Hall–Kier alpha value is -2.02. The minimum absolute atomic E-state index is 1.11. The third-order valence-corrected chi connectivity index (χ3v) is 2.84. The van der Waals surface area contributed by atoms with Crippen molar-refractivity contribution in [2.75, 3.05) is 5.32 Å². The van der Waals surface area contributed by atoms with Crippen LogP contribution in [0, 0.1) is 0 Å². The minimum atomic E-state index is 1.11. The topological polar surface area (TPSA) is 12.0 Å². The fourth-order valence-corrected chi connectivity index (χ4v) is 1.67. The molecule has 0 aliphatic heterocycles. The second-order valence-corrected chi connectivity index (χ2v) is 4.04. The maximum atomic E-state index is 3.37. The maximum Gasteiger partial charge on any atom is 0.0384 e. The number of anilines is 2. The maximum absolute atomic E-state index is 3.37. The van der Waals surface area contributed by atoms with E-state index in [4.69, 9.17) is 0 Å². The van der Waals surface area contributed by atoms with Gasteiger partial charge in [-0.15, -0.1) is 0 Å². The molecule has 0 saturated heterocycles. The van der Waals surface area contributed by atoms with Gasteiger partial charge >= 0.3 is 0 Å². The van der Waals surface area contributed by atoms with E-state index in [0.29, 0.717) is 0 Å². The minimum Gasteiger partial charge on any atom is -0.356 e. The van der Waals surface area contributed by atoms with E-state index in [9.17, 15) is 0 Å². The third kappa shape index (κ3) is 2.97. The summed E-state index contributed by atoms with van der Waals surface area (Å²) in [7, 11) is 0. The lowest BCUT2D eigenvalue weighted by molar-refractivity contribution is 1.50. The average Bonchev–Trinajstić information content (AvgIpc) is 2.40. The Balaban J connectivity index is 2.14. The van der Waals surface area contributed by atoms with E-state index in [1.807, 2.05) is 18.2 Å². The Morgan fingerprint density at radius 1 is 0.882 bits per heavy atom. The molecule has 0 bridgehead atoms. The van der Waals surface area contributed by atoms with Gasteiger partial charge in [0.1, 0.15) is 0 Å². The van der Waals surface area contributed by atoms with Crippen LogP contribution in [0.2, 0.25) is 0 Å². The molecule has 1 N–H and O–H groups in total. The van der Waals surface area contributed by atoms with Crippen molar-refractivity contribution < 1.29 is 0 Å². The van der Waals surface area contributed by atoms with E-state index in [-0.39, 0.29) is 0 Å². The fourth-order valence-electron chi connectivity index (χ4n) is 1.67. The third-order valence-electron chi connectivity index (χ3n) is 2.84. The van der Waals surface area contributed by atoms with Gasteiger partial charge in [0.05, 0.1) is 0 Å². The van der Waals surface area contributed by atoms with Crippen LogP contribution in [0.25, 0.3) is 5.57 Å². The molecule has 2 rings (SSSR count). The standard InChI is InChI=1S/C16H17N/c1-3-13(2)14-9-11-16(12-10-14)17-15-7-5-4-6-8-15/h3-12,17H,1-2H3. The first-order valence-corrected chi connectivity index (χ1v) is 5.85. The number of hydrogen-bond donors (Lipinski definition) is 1. The van der Waals surface area contributed by atoms with Crippen molar-refractivity contribution in [3.05, 3.63) is 66.2 Å². The highest BCUT2D eigenvalue weighted by Crippen LogP contribution is 2.19. The SMILES string of the molecule is CC=C(C)c1ccc(Nc2ccccc2)cc1. The zero-order chi connectivity index (χ0) is 12.1. The molecule has 2 aromatic carbocycles. The lowest BCUT2D eigenvalue weighted by atomic mass is 10.1. The largest absolute Gasteiger partial charge is 0.356 e. The van der Waals surface area contributed by atoms with Gasteiger partial charge in [-0.1, -0.05) is 36.4 Å². The molecule has 1 nitrogen and oxygen atoms in total. The molecule has 0 heterocycles. The molecule has 0 atom stereocenters. The summed E-state index contributed by atoms with van der Waals surface area (Å²) in [6.45, 7) is 4.19. The highest BCUT2D eigenvalue weighted by molar-refractivity contribution is 5.67. The molecule has 0 radical (unpaired) electrons. The van der Waals surface area contributed by atoms with Crippen LogP contribution in [0.15, 0.2) is 60.7 Å². The summed E-state index contributed by atoms with van der Waals surface area (Å²) in [4.78, 5) is 0. The molecule has 0 spiro atoms. The Bertz CT molecular complexity index is 495. The van der Waals surface area contributed by atoms with E-state index in [1.54, 1.807) is 0 Å². The fraction of sp³-hybridized carbons (Fsp3) is 0.125. The van der Waals surface area contributed by atoms with E-state index in [0.717, 1.165) is 11.4 Å². The molecule has 0 aliphatic rings. The summed E-state index contributed by atoms with van der Waals surface area (Å²) < 4.78 is 0. The van der Waals surface area contributed by atoms with Gasteiger partial charge in [0, 0.05) is 11.4 Å². The lowest BCUT2D eigenvalue weighted by Gasteiger charge is -2.07. The predicted molar refractivity (Wildman–Crippen MR) is 75.5 cm³/mol. The van der Waals surface area contributed by atoms with Gasteiger partial charge in [-0.05, 0) is 49.2 Å². The van der Waals surface area contributed by atoms with Crippen LogP contribution in [0.5, 0.6) is 0 Å². The van der Waals surface area contributed by atoms with Crippen LogP contribution in [-0.2, 0) is 0 Å². The predicted octanol–water partition coefficient (Wildman–Crippen LogP) is 4.85. The lowest BCUT2D eigenvalue weighted by Crippen LogP contribution is -1.89. The summed E-state index contributed by atoms with van der Waals surface area (Å²) in [5.74, 6) is 0. The highest BCUT2D eigenvalue weighted by atomic mass is 14.9. The molecular weight excluding hydrogens is 206 g/mol. The molecular formula is C16H17N. The normalized spacial score (nSPS) is 11.3. The summed E-state index contributed by atoms with van der Waals surface area (Å²) in [5, 5.41) is 3.37. The van der Waals surface area contributed by atoms with Crippen LogP contribution >= 0.6 is 0 Å². The first-order chi connectivity index (χ1) is 8.29. The number of rotatable bonds is 3. The van der Waals surface area contributed by atoms with Crippen molar-refractivity contribution in [2.45, 2.75) is 13.8 Å². The van der Waals surface area contributed by atoms with E-state index in [2.05, 4.69) is 61.6 Å². The molecule has 0 aliphatic carbocycles. The molecule has 1 heteroatoms. The second kappa shape index (κ2) is 5.35. The van der Waals surface area contributed by atoms with Crippen LogP contribution in [0.4, 0.5) is 11.4 Å². The average molecular weight is 223 g/mol. The van der Waals surface area contributed by atoms with Gasteiger partial charge in [-0.3, -0.25) is 0 Å². The molecule has 0 aromatic heterocycles. The number of allylic oxidation sites excluding steroid dienone is 2. The first kappa shape index (κ1) is 11.5. The Kier molecular flexibility index (Phi) is 3.61. The van der Waals surface area contributed by atoms with Gasteiger partial charge in [-0.25, -0.2) is 0 Å². The van der Waals surface area contributed by atoms with E-state index >= 15 is 0 Å². The van der Waals surface area contributed by atoms with Crippen molar-refractivity contribution in [3.63, 3.8) is 0 Å². The molecule has 0 fully saturated rings. The second-order valence-electron chi connectivity index (χ2n) is 4.04. The number of hydrogen-bond acceptors (Lipinski definition) is 1. The summed E-state index contributed by atoms with van der Waals surface area (Å²) in [5.41, 5.74) is 4.80. The van der Waals surface area contributed by atoms with Crippen molar-refractivity contribution >= 4 is 16.9 Å². The first-order valence-electron chi connectivity index (χ1n) is 5.85. The number of para-hydroxylation sites is 1. The molecule has 86 valence electrons. The molecule has 2 aromatic rings. The zero-order valence-corrected chi connectivity index (χ0v) is 10.3. The quantitative estimate of drug-likeness (QED) is 0.784. The Morgan fingerprint density at radius 2 is 1.47 bits per heavy atom. The van der Waals surface area contributed by atoms with Crippen LogP contribution in [0.3, 0.4) is 0 Å². The zero-order valence-electron chi connectivity index (χ0n) is 10.3. The van der Waals surface area contributed by atoms with Gasteiger partial charge in [0.2, 0.25) is 0 Å². The number of nitrogens with one attached hydrogen (secondary N) is 1. The summed E-state index contributed by atoms with van der Waals surface area (Å²) >= 11 is 0. The monoisotopic (exact) mass is 223 g/mol. The van der Waals surface area contributed by atoms with E-state index in [1.165, 1.54) is 11.1 Å². The van der Waals surface area contributed by atoms with Gasteiger partial charge in [-0.2, -0.15) is 0 Å². The summed E-state index contributed by atoms with van der Waals surface area (Å²) in [6, 6.07) is 18.7. The molecule has 17 heavy (non-hydrogen) atoms. The number of benzene rings is 2. The van der Waals surface area contributed by atoms with Gasteiger partial charge < -0.3 is 5.32 Å². The van der Waals surface area contributed by atoms with Crippen molar-refractivity contribution in [3.8, 4) is 0 Å². The Morgan fingerprint density at radius 3 is 2.06 bits per heavy atom. The van der Waals surface area contributed by atoms with Crippen molar-refractivity contribution in [1.82, 2.24) is 0 Å². The van der Waals surface area contributed by atoms with Gasteiger partial charge in [0.25, 0.3) is 0 Å².